The number of hydrogen-bond donors (Lipinski definition) is 1. The summed E-state index contributed by atoms with van der Waals surface area (Å²) in [6.45, 7) is 1.69. The molecule has 30 heavy (non-hydrogen) atoms. The van der Waals surface area contributed by atoms with Gasteiger partial charge in [-0.3, -0.25) is 14.5 Å². The van der Waals surface area contributed by atoms with E-state index in [2.05, 4.69) is 21.1 Å². The van der Waals surface area contributed by atoms with Crippen LogP contribution in [0, 0.1) is 6.92 Å². The van der Waals surface area contributed by atoms with E-state index in [9.17, 15) is 14.7 Å². The molecule has 1 atom stereocenters. The van der Waals surface area contributed by atoms with Crippen molar-refractivity contribution in [1.29, 1.82) is 0 Å². The van der Waals surface area contributed by atoms with Gasteiger partial charge in [0.2, 0.25) is 0 Å². The average molecular weight is 469 g/mol. The molecular formula is C22H17BrN2O5. The number of anilines is 1. The van der Waals surface area contributed by atoms with Gasteiger partial charge in [0.15, 0.2) is 5.82 Å². The minimum atomic E-state index is -0.895. The second-order valence-corrected chi connectivity index (χ2v) is 7.66. The molecule has 0 aliphatic carbocycles. The normalized spacial score (nSPS) is 18.1. The zero-order chi connectivity index (χ0) is 21.4. The van der Waals surface area contributed by atoms with Gasteiger partial charge in [0.05, 0.1) is 18.7 Å². The number of nitrogens with zero attached hydrogens (tertiary/aromatic N) is 2. The van der Waals surface area contributed by atoms with Crippen LogP contribution < -0.4 is 9.64 Å². The Hall–Kier alpha value is -3.39. The molecule has 1 saturated heterocycles. The molecule has 1 N–H and O–H groups in total. The third-order valence-electron chi connectivity index (χ3n) is 4.83. The number of halogens is 1. The van der Waals surface area contributed by atoms with E-state index in [1.165, 1.54) is 12.0 Å². The first-order chi connectivity index (χ1) is 14.4. The Morgan fingerprint density at radius 2 is 1.90 bits per heavy atom. The van der Waals surface area contributed by atoms with Crippen LogP contribution in [0.4, 0.5) is 5.82 Å². The number of ether oxygens (including phenoxy) is 1. The van der Waals surface area contributed by atoms with Crippen LogP contribution in [0.1, 0.15) is 22.9 Å². The molecule has 1 amide bonds. The molecular weight excluding hydrogens is 452 g/mol. The van der Waals surface area contributed by atoms with Gasteiger partial charge >= 0.3 is 5.91 Å². The maximum absolute atomic E-state index is 13.0. The number of amides is 1. The number of hydrogen-bond acceptors (Lipinski definition) is 6. The van der Waals surface area contributed by atoms with E-state index in [0.29, 0.717) is 22.6 Å². The Morgan fingerprint density at radius 3 is 2.53 bits per heavy atom. The lowest BCUT2D eigenvalue weighted by molar-refractivity contribution is -0.132. The second kappa shape index (κ2) is 7.79. The van der Waals surface area contributed by atoms with Crippen molar-refractivity contribution in [2.24, 2.45) is 0 Å². The fourth-order valence-electron chi connectivity index (χ4n) is 3.43. The van der Waals surface area contributed by atoms with Crippen molar-refractivity contribution < 1.29 is 24.0 Å². The SMILES string of the molecule is COc1cccc(C2/C(=C(\O)c3ccc(Br)cc3)C(=O)C(=O)N2c2cc(C)on2)c1. The molecule has 2 heterocycles. The summed E-state index contributed by atoms with van der Waals surface area (Å²) >= 11 is 3.35. The molecule has 1 aliphatic heterocycles. The Balaban J connectivity index is 1.95. The Morgan fingerprint density at radius 1 is 1.17 bits per heavy atom. The Bertz CT molecular complexity index is 1170. The van der Waals surface area contributed by atoms with Crippen LogP contribution in [0.3, 0.4) is 0 Å². The van der Waals surface area contributed by atoms with Crippen molar-refractivity contribution in [2.75, 3.05) is 12.0 Å². The van der Waals surface area contributed by atoms with Gasteiger partial charge < -0.3 is 14.4 Å². The smallest absolute Gasteiger partial charge is 0.301 e. The third-order valence-corrected chi connectivity index (χ3v) is 5.36. The number of aliphatic hydroxyl groups excluding tert-OH is 1. The van der Waals surface area contributed by atoms with Gasteiger partial charge in [-0.25, -0.2) is 0 Å². The van der Waals surface area contributed by atoms with Crippen LogP contribution in [0.5, 0.6) is 5.75 Å². The minimum absolute atomic E-state index is 0.0313. The molecule has 2 aromatic carbocycles. The standard InChI is InChI=1S/C22H17BrN2O5/c1-12-10-17(24-30-12)25-19(14-4-3-5-16(11-14)29-2)18(21(27)22(25)28)20(26)13-6-8-15(23)9-7-13/h3-11,19,26H,1-2H3/b20-18+. The van der Waals surface area contributed by atoms with Gasteiger partial charge in [-0.1, -0.05) is 45.4 Å². The summed E-state index contributed by atoms with van der Waals surface area (Å²) in [5.41, 5.74) is 0.976. The van der Waals surface area contributed by atoms with Gasteiger partial charge in [0.25, 0.3) is 5.78 Å². The summed E-state index contributed by atoms with van der Waals surface area (Å²) in [5, 5.41) is 14.9. The van der Waals surface area contributed by atoms with Gasteiger partial charge in [0, 0.05) is 16.1 Å². The molecule has 152 valence electrons. The quantitative estimate of drug-likeness (QED) is 0.347. The number of methoxy groups -OCH3 is 1. The van der Waals surface area contributed by atoms with Crippen molar-refractivity contribution in [2.45, 2.75) is 13.0 Å². The first-order valence-corrected chi connectivity index (χ1v) is 9.84. The van der Waals surface area contributed by atoms with Crippen LogP contribution in [-0.2, 0) is 9.59 Å². The highest BCUT2D eigenvalue weighted by Crippen LogP contribution is 2.42. The van der Waals surface area contributed by atoms with E-state index in [1.54, 1.807) is 61.5 Å². The summed E-state index contributed by atoms with van der Waals surface area (Å²) in [6.07, 6.45) is 0. The summed E-state index contributed by atoms with van der Waals surface area (Å²) in [7, 11) is 1.53. The van der Waals surface area contributed by atoms with Crippen molar-refractivity contribution in [3.8, 4) is 5.75 Å². The monoisotopic (exact) mass is 468 g/mol. The van der Waals surface area contributed by atoms with E-state index in [-0.39, 0.29) is 17.2 Å². The Labute approximate surface area is 180 Å². The zero-order valence-corrected chi connectivity index (χ0v) is 17.7. The number of aliphatic hydroxyl groups is 1. The summed E-state index contributed by atoms with van der Waals surface area (Å²) < 4.78 is 11.2. The lowest BCUT2D eigenvalue weighted by atomic mass is 9.95. The second-order valence-electron chi connectivity index (χ2n) is 6.75. The highest BCUT2D eigenvalue weighted by Gasteiger charge is 2.48. The molecule has 0 saturated carbocycles. The van der Waals surface area contributed by atoms with E-state index < -0.39 is 17.7 Å². The van der Waals surface area contributed by atoms with Gasteiger partial charge in [-0.15, -0.1) is 0 Å². The molecule has 7 nitrogen and oxygen atoms in total. The lowest BCUT2D eigenvalue weighted by Crippen LogP contribution is -2.29. The molecule has 8 heteroatoms. The Kier molecular flexibility index (Phi) is 5.17. The van der Waals surface area contributed by atoms with Crippen molar-refractivity contribution >= 4 is 39.2 Å². The molecule has 3 aromatic rings. The molecule has 0 spiro atoms. The van der Waals surface area contributed by atoms with Gasteiger partial charge in [0.1, 0.15) is 17.3 Å². The maximum Gasteiger partial charge on any atom is 0.301 e. The number of aryl methyl sites for hydroxylation is 1. The number of carbonyl (C=O) groups excluding carboxylic acids is 2. The number of carbonyl (C=O) groups is 2. The first kappa shape index (κ1) is 19.9. The largest absolute Gasteiger partial charge is 0.507 e. The van der Waals surface area contributed by atoms with E-state index in [4.69, 9.17) is 9.26 Å². The van der Waals surface area contributed by atoms with Crippen LogP contribution >= 0.6 is 15.9 Å². The van der Waals surface area contributed by atoms with Gasteiger partial charge in [-0.2, -0.15) is 0 Å². The molecule has 1 fully saturated rings. The number of aromatic nitrogens is 1. The third kappa shape index (κ3) is 3.39. The lowest BCUT2D eigenvalue weighted by Gasteiger charge is -2.23. The highest BCUT2D eigenvalue weighted by molar-refractivity contribution is 9.10. The number of Topliss-reactive ketones (excluding diaryl/α,β-unsaturated/α-hetero) is 1. The summed E-state index contributed by atoms with van der Waals surface area (Å²) in [6, 6.07) is 14.5. The number of rotatable bonds is 4. The zero-order valence-electron chi connectivity index (χ0n) is 16.1. The van der Waals surface area contributed by atoms with Crippen LogP contribution in [-0.4, -0.2) is 29.1 Å². The molecule has 1 aliphatic rings. The molecule has 1 unspecified atom stereocenters. The van der Waals surface area contributed by atoms with Crippen molar-refractivity contribution in [3.05, 3.63) is 81.5 Å². The number of ketones is 1. The fraction of sp³-hybridized carbons (Fsp3) is 0.136. The maximum atomic E-state index is 13.0. The van der Waals surface area contributed by atoms with Crippen LogP contribution in [0.2, 0.25) is 0 Å². The average Bonchev–Trinajstić information content (AvgIpc) is 3.29. The van der Waals surface area contributed by atoms with Crippen molar-refractivity contribution in [3.63, 3.8) is 0 Å². The minimum Gasteiger partial charge on any atom is -0.507 e. The predicted molar refractivity (Wildman–Crippen MR) is 113 cm³/mol. The topological polar surface area (TPSA) is 92.9 Å². The molecule has 4 rings (SSSR count). The fourth-order valence-corrected chi connectivity index (χ4v) is 3.69. The molecule has 0 radical (unpaired) electrons. The van der Waals surface area contributed by atoms with E-state index in [0.717, 1.165) is 4.47 Å². The molecule has 1 aromatic heterocycles. The van der Waals surface area contributed by atoms with E-state index in [1.807, 2.05) is 0 Å². The summed E-state index contributed by atoms with van der Waals surface area (Å²) in [4.78, 5) is 27.2. The van der Waals surface area contributed by atoms with Crippen molar-refractivity contribution in [1.82, 2.24) is 5.16 Å². The highest BCUT2D eigenvalue weighted by atomic mass is 79.9. The first-order valence-electron chi connectivity index (χ1n) is 9.05. The molecule has 0 bridgehead atoms. The number of benzene rings is 2. The van der Waals surface area contributed by atoms with Crippen LogP contribution in [0.25, 0.3) is 5.76 Å². The predicted octanol–water partition coefficient (Wildman–Crippen LogP) is 4.38. The summed E-state index contributed by atoms with van der Waals surface area (Å²) in [5.74, 6) is -0.630. The van der Waals surface area contributed by atoms with Gasteiger partial charge in [-0.05, 0) is 36.8 Å². The van der Waals surface area contributed by atoms with E-state index >= 15 is 0 Å². The van der Waals surface area contributed by atoms with Crippen LogP contribution in [0.15, 0.2) is 69.2 Å².